The van der Waals surface area contributed by atoms with Crippen LogP contribution in [0.5, 0.6) is 0 Å². The maximum Gasteiger partial charge on any atom is 0.357 e. The summed E-state index contributed by atoms with van der Waals surface area (Å²) in [7, 11) is 0. The normalized spacial score (nSPS) is 13.6. The van der Waals surface area contributed by atoms with Crippen LogP contribution in [-0.4, -0.2) is 36.7 Å². The van der Waals surface area contributed by atoms with Crippen molar-refractivity contribution in [3.63, 3.8) is 0 Å². The lowest BCUT2D eigenvalue weighted by molar-refractivity contribution is 0.0473. The largest absolute Gasteiger partial charge is 0.462 e. The minimum absolute atomic E-state index is 0.0396. The number of carbonyl (C=O) groups excluding carboxylic acids is 2. The van der Waals surface area contributed by atoms with E-state index in [4.69, 9.17) is 9.47 Å². The van der Waals surface area contributed by atoms with E-state index in [1.54, 1.807) is 19.9 Å². The van der Waals surface area contributed by atoms with Crippen LogP contribution in [0, 0.1) is 0 Å². The molecule has 0 radical (unpaired) electrons. The summed E-state index contributed by atoms with van der Waals surface area (Å²) in [6.45, 7) is 4.74. The lowest BCUT2D eigenvalue weighted by atomic mass is 10.1. The molecule has 1 aromatic rings. The number of esters is 2. The van der Waals surface area contributed by atoms with Crippen molar-refractivity contribution in [1.82, 2.24) is 4.98 Å². The van der Waals surface area contributed by atoms with E-state index in [-0.39, 0.29) is 24.5 Å². The quantitative estimate of drug-likeness (QED) is 0.857. The van der Waals surface area contributed by atoms with Gasteiger partial charge in [-0.1, -0.05) is 0 Å². The molecule has 1 aliphatic heterocycles. The van der Waals surface area contributed by atoms with Crippen molar-refractivity contribution < 1.29 is 19.1 Å². The van der Waals surface area contributed by atoms with Crippen LogP contribution < -0.4 is 5.32 Å². The van der Waals surface area contributed by atoms with E-state index in [9.17, 15) is 9.59 Å². The Labute approximate surface area is 123 Å². The minimum Gasteiger partial charge on any atom is -0.462 e. The molecule has 1 aliphatic rings. The van der Waals surface area contributed by atoms with Gasteiger partial charge in [0.2, 0.25) is 0 Å². The van der Waals surface area contributed by atoms with E-state index in [0.29, 0.717) is 0 Å². The molecule has 0 saturated carbocycles. The highest BCUT2D eigenvalue weighted by Crippen LogP contribution is 2.24. The summed E-state index contributed by atoms with van der Waals surface area (Å²) in [4.78, 5) is 28.4. The van der Waals surface area contributed by atoms with Gasteiger partial charge in [0.25, 0.3) is 0 Å². The Morgan fingerprint density at radius 1 is 1.19 bits per heavy atom. The van der Waals surface area contributed by atoms with E-state index in [0.717, 1.165) is 37.2 Å². The molecule has 0 fully saturated rings. The number of aromatic nitrogens is 1. The fourth-order valence-corrected chi connectivity index (χ4v) is 2.26. The van der Waals surface area contributed by atoms with Gasteiger partial charge >= 0.3 is 11.9 Å². The third kappa shape index (κ3) is 3.51. The average Bonchev–Trinajstić information content (AvgIpc) is 2.71. The molecular formula is C15H20N2O4. The van der Waals surface area contributed by atoms with Crippen LogP contribution in [-0.2, 0) is 15.9 Å². The number of hydrogen-bond acceptors (Lipinski definition) is 6. The van der Waals surface area contributed by atoms with Crippen LogP contribution in [0.25, 0.3) is 0 Å². The van der Waals surface area contributed by atoms with Crippen LogP contribution in [0.2, 0.25) is 0 Å². The number of rotatable bonds is 4. The second kappa shape index (κ2) is 7.06. The zero-order valence-electron chi connectivity index (χ0n) is 12.4. The van der Waals surface area contributed by atoms with Crippen molar-refractivity contribution in [2.45, 2.75) is 33.1 Å². The molecule has 0 atom stereocenters. The first-order valence-corrected chi connectivity index (χ1v) is 7.29. The highest BCUT2D eigenvalue weighted by Gasteiger charge is 2.24. The van der Waals surface area contributed by atoms with Gasteiger partial charge < -0.3 is 14.8 Å². The number of hydrogen-bond donors (Lipinski definition) is 1. The third-order valence-electron chi connectivity index (χ3n) is 3.22. The SMILES string of the molecule is CCOC(=O)c1cc2c(nc1C(=O)OCC)CCCCN2. The predicted octanol–water partition coefficient (Wildman–Crippen LogP) is 2.18. The number of aryl methyl sites for hydroxylation is 1. The Balaban J connectivity index is 2.46. The lowest BCUT2D eigenvalue weighted by Crippen LogP contribution is -2.18. The van der Waals surface area contributed by atoms with E-state index < -0.39 is 11.9 Å². The van der Waals surface area contributed by atoms with Crippen molar-refractivity contribution in [2.24, 2.45) is 0 Å². The van der Waals surface area contributed by atoms with Gasteiger partial charge in [0, 0.05) is 6.54 Å². The van der Waals surface area contributed by atoms with Crippen molar-refractivity contribution >= 4 is 17.6 Å². The van der Waals surface area contributed by atoms with Crippen molar-refractivity contribution in [2.75, 3.05) is 25.1 Å². The van der Waals surface area contributed by atoms with Crippen LogP contribution in [0.1, 0.15) is 53.2 Å². The first-order chi connectivity index (χ1) is 10.2. The van der Waals surface area contributed by atoms with E-state index in [1.807, 2.05) is 0 Å². The standard InChI is InChI=1S/C15H20N2O4/c1-3-20-14(18)10-9-12-11(7-5-6-8-16-12)17-13(10)15(19)21-4-2/h9,16H,3-8H2,1-2H3. The van der Waals surface area contributed by atoms with Gasteiger partial charge in [-0.25, -0.2) is 14.6 Å². The van der Waals surface area contributed by atoms with Crippen molar-refractivity contribution in [1.29, 1.82) is 0 Å². The minimum atomic E-state index is -0.590. The van der Waals surface area contributed by atoms with E-state index in [1.165, 1.54) is 0 Å². The highest BCUT2D eigenvalue weighted by molar-refractivity contribution is 6.02. The molecule has 0 saturated heterocycles. The number of nitrogens with zero attached hydrogens (tertiary/aromatic N) is 1. The molecule has 6 heteroatoms. The Bertz CT molecular complexity index is 496. The molecule has 0 aliphatic carbocycles. The molecule has 1 aromatic heterocycles. The summed E-state index contributed by atoms with van der Waals surface area (Å²) in [6.07, 6.45) is 2.80. The summed E-state index contributed by atoms with van der Waals surface area (Å²) in [5, 5.41) is 3.24. The molecule has 0 spiro atoms. The van der Waals surface area contributed by atoms with Crippen LogP contribution in [0.4, 0.5) is 5.69 Å². The van der Waals surface area contributed by atoms with E-state index >= 15 is 0 Å². The van der Waals surface area contributed by atoms with Crippen LogP contribution >= 0.6 is 0 Å². The lowest BCUT2D eigenvalue weighted by Gasteiger charge is -2.13. The molecule has 0 amide bonds. The molecule has 0 bridgehead atoms. The topological polar surface area (TPSA) is 77.5 Å². The zero-order valence-corrected chi connectivity index (χ0v) is 12.4. The Morgan fingerprint density at radius 3 is 2.62 bits per heavy atom. The number of nitrogens with one attached hydrogen (secondary N) is 1. The fourth-order valence-electron chi connectivity index (χ4n) is 2.26. The number of fused-ring (bicyclic) bond motifs is 1. The molecule has 2 heterocycles. The molecule has 6 nitrogen and oxygen atoms in total. The fraction of sp³-hybridized carbons (Fsp3) is 0.533. The maximum atomic E-state index is 12.0. The molecule has 21 heavy (non-hydrogen) atoms. The molecule has 1 N–H and O–H groups in total. The number of carbonyl (C=O) groups is 2. The second-order valence-corrected chi connectivity index (χ2v) is 4.70. The number of pyridine rings is 1. The van der Waals surface area contributed by atoms with Gasteiger partial charge in [-0.2, -0.15) is 0 Å². The summed E-state index contributed by atoms with van der Waals surface area (Å²) in [6, 6.07) is 1.65. The maximum absolute atomic E-state index is 12.0. The summed E-state index contributed by atoms with van der Waals surface area (Å²) in [5.74, 6) is -1.14. The smallest absolute Gasteiger partial charge is 0.357 e. The van der Waals surface area contributed by atoms with Gasteiger partial charge in [0.05, 0.1) is 30.2 Å². The van der Waals surface area contributed by atoms with Crippen LogP contribution in [0.3, 0.4) is 0 Å². The number of ether oxygens (including phenoxy) is 2. The molecular weight excluding hydrogens is 272 g/mol. The van der Waals surface area contributed by atoms with Gasteiger partial charge in [-0.05, 0) is 39.2 Å². The first-order valence-electron chi connectivity index (χ1n) is 7.29. The van der Waals surface area contributed by atoms with Crippen molar-refractivity contribution in [3.8, 4) is 0 Å². The summed E-state index contributed by atoms with van der Waals surface area (Å²) >= 11 is 0. The second-order valence-electron chi connectivity index (χ2n) is 4.70. The monoisotopic (exact) mass is 292 g/mol. The van der Waals surface area contributed by atoms with E-state index in [2.05, 4.69) is 10.3 Å². The molecule has 2 rings (SSSR count). The predicted molar refractivity (Wildman–Crippen MR) is 77.6 cm³/mol. The number of anilines is 1. The third-order valence-corrected chi connectivity index (χ3v) is 3.22. The zero-order chi connectivity index (χ0) is 15.2. The molecule has 0 aromatic carbocycles. The summed E-state index contributed by atoms with van der Waals surface area (Å²) in [5.41, 5.74) is 1.79. The van der Waals surface area contributed by atoms with Gasteiger partial charge in [-0.3, -0.25) is 0 Å². The first kappa shape index (κ1) is 15.3. The van der Waals surface area contributed by atoms with Crippen molar-refractivity contribution in [3.05, 3.63) is 23.0 Å². The Kier molecular flexibility index (Phi) is 5.14. The molecule has 114 valence electrons. The Hall–Kier alpha value is -2.11. The highest BCUT2D eigenvalue weighted by atomic mass is 16.5. The Morgan fingerprint density at radius 2 is 1.90 bits per heavy atom. The summed E-state index contributed by atoms with van der Waals surface area (Å²) < 4.78 is 9.99. The van der Waals surface area contributed by atoms with Crippen LogP contribution in [0.15, 0.2) is 6.07 Å². The van der Waals surface area contributed by atoms with Gasteiger partial charge in [-0.15, -0.1) is 0 Å². The molecule has 0 unspecified atom stereocenters. The van der Waals surface area contributed by atoms with Gasteiger partial charge in [0.15, 0.2) is 5.69 Å². The van der Waals surface area contributed by atoms with Gasteiger partial charge in [0.1, 0.15) is 0 Å². The average molecular weight is 292 g/mol.